The maximum Gasteiger partial charge on any atom is 0.132 e. The molecular weight excluding hydrogens is 305 g/mol. The first-order valence-corrected chi connectivity index (χ1v) is 8.68. The van der Waals surface area contributed by atoms with Crippen LogP contribution >= 0.6 is 0 Å². The molecule has 5 heteroatoms. The summed E-state index contributed by atoms with van der Waals surface area (Å²) in [6.07, 6.45) is 5.25. The third-order valence-electron chi connectivity index (χ3n) is 5.54. The molecule has 2 aliphatic heterocycles. The van der Waals surface area contributed by atoms with Gasteiger partial charge in [-0.05, 0) is 31.7 Å². The van der Waals surface area contributed by atoms with Gasteiger partial charge in [-0.15, -0.1) is 0 Å². The van der Waals surface area contributed by atoms with Crippen molar-refractivity contribution in [2.45, 2.75) is 37.7 Å². The van der Waals surface area contributed by atoms with Crippen LogP contribution in [0.15, 0.2) is 29.3 Å². The Morgan fingerprint density at radius 3 is 2.96 bits per heavy atom. The number of H-pyrrole nitrogens is 1. The van der Waals surface area contributed by atoms with Crippen LogP contribution in [-0.2, 0) is 17.6 Å². The Labute approximate surface area is 140 Å². The van der Waals surface area contributed by atoms with E-state index in [2.05, 4.69) is 10.3 Å². The molecule has 1 spiro atoms. The maximum atomic E-state index is 14.1. The van der Waals surface area contributed by atoms with Gasteiger partial charge in [-0.25, -0.2) is 9.38 Å². The van der Waals surface area contributed by atoms with Crippen LogP contribution in [0.4, 0.5) is 15.9 Å². The number of benzene rings is 1. The van der Waals surface area contributed by atoms with Crippen LogP contribution in [0.2, 0.25) is 0 Å². The number of hydrogen-bond acceptors (Lipinski definition) is 3. The van der Waals surface area contributed by atoms with Crippen LogP contribution in [0.1, 0.15) is 36.1 Å². The second kappa shape index (κ2) is 5.18. The Morgan fingerprint density at radius 2 is 2.12 bits per heavy atom. The van der Waals surface area contributed by atoms with Crippen molar-refractivity contribution in [1.82, 2.24) is 4.98 Å². The Balaban J connectivity index is 1.57. The summed E-state index contributed by atoms with van der Waals surface area (Å²) in [7, 11) is 0. The largest absolute Gasteiger partial charge is 0.375 e. The van der Waals surface area contributed by atoms with E-state index in [4.69, 9.17) is 9.73 Å². The zero-order valence-corrected chi connectivity index (χ0v) is 13.5. The fourth-order valence-corrected chi connectivity index (χ4v) is 4.29. The van der Waals surface area contributed by atoms with Gasteiger partial charge in [0.25, 0.3) is 0 Å². The number of nitrogens with one attached hydrogen (secondary N) is 2. The third-order valence-corrected chi connectivity index (χ3v) is 5.54. The van der Waals surface area contributed by atoms with E-state index < -0.39 is 0 Å². The molecule has 0 bridgehead atoms. The van der Waals surface area contributed by atoms with E-state index in [0.717, 1.165) is 55.9 Å². The first kappa shape index (κ1) is 14.2. The molecule has 124 valence electrons. The maximum absolute atomic E-state index is 14.1. The molecule has 3 heterocycles. The van der Waals surface area contributed by atoms with Crippen LogP contribution in [-0.4, -0.2) is 29.4 Å². The first-order chi connectivity index (χ1) is 11.7. The summed E-state index contributed by atoms with van der Waals surface area (Å²) in [5.41, 5.74) is 4.78. The highest BCUT2D eigenvalue weighted by Crippen LogP contribution is 2.45. The standard InChI is InChI=1S/C19H20FN3O/c20-14-5-2-1-4-12(14)16-11-21-18-17(22-16)13-10-19(7-3-9-24-19)8-6-15(13)23-18/h1-2,4-5,21,23H,3,6-11H2. The lowest BCUT2D eigenvalue weighted by molar-refractivity contribution is -0.00662. The van der Waals surface area contributed by atoms with Crippen molar-refractivity contribution >= 4 is 17.2 Å². The monoisotopic (exact) mass is 325 g/mol. The predicted octanol–water partition coefficient (Wildman–Crippen LogP) is 3.74. The lowest BCUT2D eigenvalue weighted by atomic mass is 9.81. The van der Waals surface area contributed by atoms with E-state index in [1.807, 2.05) is 6.07 Å². The Hall–Kier alpha value is -2.14. The van der Waals surface area contributed by atoms with Crippen LogP contribution in [0, 0.1) is 5.82 Å². The average Bonchev–Trinajstić information content (AvgIpc) is 3.20. The number of aliphatic imine (C=N–C) groups is 1. The van der Waals surface area contributed by atoms with Crippen molar-refractivity contribution in [1.29, 1.82) is 0 Å². The molecule has 0 amide bonds. The molecular formula is C19H20FN3O. The zero-order chi connectivity index (χ0) is 16.1. The minimum atomic E-state index is -0.221. The van der Waals surface area contributed by atoms with Gasteiger partial charge >= 0.3 is 0 Å². The summed E-state index contributed by atoms with van der Waals surface area (Å²) >= 11 is 0. The highest BCUT2D eigenvalue weighted by atomic mass is 19.1. The fraction of sp³-hybridized carbons (Fsp3) is 0.421. The van der Waals surface area contributed by atoms with Gasteiger partial charge in [0.05, 0.1) is 17.9 Å². The van der Waals surface area contributed by atoms with Crippen molar-refractivity contribution in [3.8, 4) is 0 Å². The number of hydrogen-bond donors (Lipinski definition) is 2. The number of aromatic amines is 1. The summed E-state index contributed by atoms with van der Waals surface area (Å²) < 4.78 is 20.2. The molecule has 1 fully saturated rings. The number of fused-ring (bicyclic) bond motifs is 3. The molecule has 2 aromatic rings. The molecule has 1 aromatic heterocycles. The molecule has 1 unspecified atom stereocenters. The molecule has 1 atom stereocenters. The van der Waals surface area contributed by atoms with Gasteiger partial charge in [0.2, 0.25) is 0 Å². The number of aromatic nitrogens is 1. The summed E-state index contributed by atoms with van der Waals surface area (Å²) in [6, 6.07) is 6.84. The third kappa shape index (κ3) is 2.11. The number of nitrogens with zero attached hydrogens (tertiary/aromatic N) is 1. The van der Waals surface area contributed by atoms with Gasteiger partial charge < -0.3 is 15.0 Å². The van der Waals surface area contributed by atoms with Crippen LogP contribution in [0.3, 0.4) is 0 Å². The zero-order valence-electron chi connectivity index (χ0n) is 13.5. The topological polar surface area (TPSA) is 49.4 Å². The van der Waals surface area contributed by atoms with Crippen molar-refractivity contribution in [3.63, 3.8) is 0 Å². The Morgan fingerprint density at radius 1 is 1.21 bits per heavy atom. The molecule has 4 nitrogen and oxygen atoms in total. The molecule has 1 aliphatic carbocycles. The molecule has 3 aliphatic rings. The molecule has 24 heavy (non-hydrogen) atoms. The summed E-state index contributed by atoms with van der Waals surface area (Å²) in [5.74, 6) is 0.747. The number of anilines is 1. The SMILES string of the molecule is Fc1ccccc1C1=Nc2c([nH]c3c2CC2(CCCO2)CC3)NC1. The number of halogens is 1. The van der Waals surface area contributed by atoms with E-state index in [1.54, 1.807) is 12.1 Å². The summed E-state index contributed by atoms with van der Waals surface area (Å²) in [5, 5.41) is 3.38. The quantitative estimate of drug-likeness (QED) is 0.839. The van der Waals surface area contributed by atoms with Crippen molar-refractivity contribution in [3.05, 3.63) is 46.9 Å². The molecule has 2 N–H and O–H groups in total. The highest BCUT2D eigenvalue weighted by Gasteiger charge is 2.41. The lowest BCUT2D eigenvalue weighted by Crippen LogP contribution is -2.34. The van der Waals surface area contributed by atoms with Gasteiger partial charge in [0, 0.05) is 29.8 Å². The molecule has 5 rings (SSSR count). The van der Waals surface area contributed by atoms with Gasteiger partial charge in [-0.3, -0.25) is 0 Å². The summed E-state index contributed by atoms with van der Waals surface area (Å²) in [4.78, 5) is 8.31. The molecule has 1 aromatic carbocycles. The molecule has 0 saturated carbocycles. The van der Waals surface area contributed by atoms with Crippen molar-refractivity contribution in [2.75, 3.05) is 18.5 Å². The van der Waals surface area contributed by atoms with Crippen molar-refractivity contribution < 1.29 is 9.13 Å². The van der Waals surface area contributed by atoms with Crippen LogP contribution in [0.5, 0.6) is 0 Å². The second-order valence-corrected chi connectivity index (χ2v) is 7.01. The molecule has 1 saturated heterocycles. The first-order valence-electron chi connectivity index (χ1n) is 8.68. The lowest BCUT2D eigenvalue weighted by Gasteiger charge is -2.32. The van der Waals surface area contributed by atoms with Crippen LogP contribution in [0.25, 0.3) is 0 Å². The number of rotatable bonds is 1. The second-order valence-electron chi connectivity index (χ2n) is 7.01. The number of aryl methyl sites for hydroxylation is 1. The van der Waals surface area contributed by atoms with E-state index in [1.165, 1.54) is 17.3 Å². The number of ether oxygens (including phenoxy) is 1. The smallest absolute Gasteiger partial charge is 0.132 e. The Bertz CT molecular complexity index is 833. The van der Waals surface area contributed by atoms with E-state index in [0.29, 0.717) is 12.1 Å². The highest BCUT2D eigenvalue weighted by molar-refractivity contribution is 6.07. The summed E-state index contributed by atoms with van der Waals surface area (Å²) in [6.45, 7) is 1.40. The van der Waals surface area contributed by atoms with Crippen molar-refractivity contribution in [2.24, 2.45) is 4.99 Å². The average molecular weight is 325 g/mol. The van der Waals surface area contributed by atoms with E-state index in [9.17, 15) is 4.39 Å². The van der Waals surface area contributed by atoms with E-state index >= 15 is 0 Å². The normalized spacial score (nSPS) is 25.1. The Kier molecular flexibility index (Phi) is 3.07. The van der Waals surface area contributed by atoms with Crippen LogP contribution < -0.4 is 5.32 Å². The molecule has 0 radical (unpaired) electrons. The van der Waals surface area contributed by atoms with Gasteiger partial charge in [-0.1, -0.05) is 18.2 Å². The van der Waals surface area contributed by atoms with Gasteiger partial charge in [-0.2, -0.15) is 0 Å². The predicted molar refractivity (Wildman–Crippen MR) is 91.8 cm³/mol. The van der Waals surface area contributed by atoms with E-state index in [-0.39, 0.29) is 11.4 Å². The minimum Gasteiger partial charge on any atom is -0.375 e. The fourth-order valence-electron chi connectivity index (χ4n) is 4.29. The van der Waals surface area contributed by atoms with Gasteiger partial charge in [0.1, 0.15) is 17.3 Å². The van der Waals surface area contributed by atoms with Gasteiger partial charge in [0.15, 0.2) is 0 Å². The minimum absolute atomic E-state index is 0.00586.